The molecule has 0 N–H and O–H groups in total. The Balaban J connectivity index is 2.05. The number of nitrogens with zero attached hydrogens (tertiary/aromatic N) is 4. The molecular weight excluding hydrogens is 388 g/mol. The van der Waals surface area contributed by atoms with Gasteiger partial charge in [0.15, 0.2) is 11.4 Å². The van der Waals surface area contributed by atoms with E-state index < -0.39 is 0 Å². The van der Waals surface area contributed by atoms with Crippen molar-refractivity contribution in [3.05, 3.63) is 36.3 Å². The molecule has 0 aliphatic rings. The highest BCUT2D eigenvalue weighted by Crippen LogP contribution is 2.36. The quantitative estimate of drug-likeness (QED) is 0.346. The maximum absolute atomic E-state index is 12.6. The van der Waals surface area contributed by atoms with Crippen LogP contribution in [0.3, 0.4) is 0 Å². The average Bonchev–Trinajstić information content (AvgIpc) is 3.25. The van der Waals surface area contributed by atoms with Gasteiger partial charge in [-0.2, -0.15) is 0 Å². The smallest absolute Gasteiger partial charge is 0.311 e. The van der Waals surface area contributed by atoms with E-state index in [1.54, 1.807) is 0 Å². The molecule has 0 spiro atoms. The van der Waals surface area contributed by atoms with E-state index in [2.05, 4.69) is 42.7 Å². The highest BCUT2D eigenvalue weighted by atomic mass is 16.5. The van der Waals surface area contributed by atoms with Crippen LogP contribution in [0.4, 0.5) is 0 Å². The van der Waals surface area contributed by atoms with Crippen LogP contribution in [-0.4, -0.2) is 24.9 Å². The molecule has 31 heavy (non-hydrogen) atoms. The molecule has 0 saturated carbocycles. The van der Waals surface area contributed by atoms with Crippen LogP contribution in [0.2, 0.25) is 0 Å². The largest absolute Gasteiger partial charge is 0.424 e. The van der Waals surface area contributed by atoms with Crippen LogP contribution in [-0.2, 0) is 11.2 Å². The van der Waals surface area contributed by atoms with Crippen LogP contribution >= 0.6 is 0 Å². The number of para-hydroxylation sites is 2. The monoisotopic (exact) mass is 420 g/mol. The summed E-state index contributed by atoms with van der Waals surface area (Å²) in [6, 6.07) is 8.33. The number of carbonyl (C=O) groups excluding carboxylic acids is 1. The third-order valence-electron chi connectivity index (χ3n) is 5.70. The maximum Gasteiger partial charge on any atom is 0.311 e. The molecule has 0 radical (unpaired) electrons. The van der Waals surface area contributed by atoms with Gasteiger partial charge in [-0.3, -0.25) is 9.20 Å². The lowest BCUT2D eigenvalue weighted by Crippen LogP contribution is -2.11. The molecule has 1 atom stereocenters. The van der Waals surface area contributed by atoms with Gasteiger partial charge in [0.1, 0.15) is 16.9 Å². The molecule has 1 aromatic carbocycles. The summed E-state index contributed by atoms with van der Waals surface area (Å²) in [6.45, 7) is 12.7. The number of hydrogen-bond donors (Lipinski definition) is 0. The second-order valence-corrected chi connectivity index (χ2v) is 9.31. The Morgan fingerprint density at radius 2 is 1.77 bits per heavy atom. The van der Waals surface area contributed by atoms with Gasteiger partial charge < -0.3 is 9.30 Å². The van der Waals surface area contributed by atoms with Crippen LogP contribution in [0, 0.1) is 11.8 Å². The number of fused-ring (bicyclic) bond motifs is 5. The van der Waals surface area contributed by atoms with Gasteiger partial charge in [0.05, 0.1) is 11.0 Å². The third-order valence-corrected chi connectivity index (χ3v) is 5.70. The molecule has 6 heteroatoms. The number of imidazole rings is 1. The van der Waals surface area contributed by atoms with Crippen LogP contribution in [0.5, 0.6) is 5.75 Å². The van der Waals surface area contributed by atoms with Gasteiger partial charge in [0.25, 0.3) is 0 Å². The Morgan fingerprint density at radius 3 is 2.45 bits per heavy atom. The van der Waals surface area contributed by atoms with Crippen molar-refractivity contribution in [3.8, 4) is 5.75 Å². The van der Waals surface area contributed by atoms with Crippen molar-refractivity contribution in [2.45, 2.75) is 66.8 Å². The van der Waals surface area contributed by atoms with Crippen molar-refractivity contribution in [1.82, 2.24) is 18.9 Å². The Hall–Kier alpha value is -2.89. The summed E-state index contributed by atoms with van der Waals surface area (Å²) in [5.41, 5.74) is 3.58. The molecule has 164 valence electrons. The minimum atomic E-state index is -0.223. The summed E-state index contributed by atoms with van der Waals surface area (Å²) >= 11 is 0. The van der Waals surface area contributed by atoms with Gasteiger partial charge in [-0.1, -0.05) is 46.8 Å². The minimum Gasteiger partial charge on any atom is -0.424 e. The fourth-order valence-electron chi connectivity index (χ4n) is 4.05. The van der Waals surface area contributed by atoms with E-state index in [1.165, 1.54) is 0 Å². The number of aromatic nitrogens is 4. The average molecular weight is 421 g/mol. The summed E-state index contributed by atoms with van der Waals surface area (Å²) < 4.78 is 10.2. The van der Waals surface area contributed by atoms with Crippen LogP contribution in [0.15, 0.2) is 30.5 Å². The van der Waals surface area contributed by atoms with Gasteiger partial charge in [0, 0.05) is 25.1 Å². The van der Waals surface area contributed by atoms with E-state index in [0.717, 1.165) is 46.4 Å². The highest BCUT2D eigenvalue weighted by Gasteiger charge is 2.24. The standard InChI is InChI=1S/C25H32N4O2/c1-7-17(6)28-14-20(31-22(30)13-16(4)5)23-24(28)27-21(12-15(2)3)29-19-11-9-8-10-18(19)26-25(23)29/h8-11,14-17H,7,12-13H2,1-6H3. The van der Waals surface area contributed by atoms with E-state index in [9.17, 15) is 4.79 Å². The van der Waals surface area contributed by atoms with E-state index in [0.29, 0.717) is 18.1 Å². The number of carbonyl (C=O) groups is 1. The topological polar surface area (TPSA) is 61.4 Å². The van der Waals surface area contributed by atoms with Gasteiger partial charge in [-0.15, -0.1) is 0 Å². The fourth-order valence-corrected chi connectivity index (χ4v) is 4.05. The first kappa shape index (κ1) is 21.3. The zero-order chi connectivity index (χ0) is 22.3. The second-order valence-electron chi connectivity index (χ2n) is 9.31. The van der Waals surface area contributed by atoms with Crippen molar-refractivity contribution in [1.29, 1.82) is 0 Å². The third kappa shape index (κ3) is 3.91. The molecule has 3 aromatic heterocycles. The Morgan fingerprint density at radius 1 is 1.03 bits per heavy atom. The lowest BCUT2D eigenvalue weighted by Gasteiger charge is -2.14. The molecule has 0 saturated heterocycles. The molecule has 4 rings (SSSR count). The maximum atomic E-state index is 12.6. The SMILES string of the molecule is CCC(C)n1cc(OC(=O)CC(C)C)c2c1nc(CC(C)C)n1c3ccccc3nc21. The Kier molecular flexibility index (Phi) is 5.73. The Bertz CT molecular complexity index is 1250. The molecule has 0 amide bonds. The number of benzene rings is 1. The molecular formula is C25H32N4O2. The molecule has 0 bridgehead atoms. The van der Waals surface area contributed by atoms with E-state index >= 15 is 0 Å². The number of rotatable bonds is 7. The molecule has 4 aromatic rings. The second kappa shape index (κ2) is 8.33. The van der Waals surface area contributed by atoms with Crippen LogP contribution < -0.4 is 4.74 Å². The summed E-state index contributed by atoms with van der Waals surface area (Å²) in [6.07, 6.45) is 4.09. The highest BCUT2D eigenvalue weighted by molar-refractivity contribution is 6.01. The summed E-state index contributed by atoms with van der Waals surface area (Å²) in [4.78, 5) is 22.6. The molecule has 6 nitrogen and oxygen atoms in total. The first-order valence-corrected chi connectivity index (χ1v) is 11.3. The van der Waals surface area contributed by atoms with E-state index in [4.69, 9.17) is 14.7 Å². The lowest BCUT2D eigenvalue weighted by atomic mass is 10.1. The molecule has 3 heterocycles. The van der Waals surface area contributed by atoms with Crippen LogP contribution in [0.1, 0.15) is 66.3 Å². The van der Waals surface area contributed by atoms with Crippen molar-refractivity contribution >= 4 is 33.7 Å². The predicted molar refractivity (Wildman–Crippen MR) is 125 cm³/mol. The van der Waals surface area contributed by atoms with Crippen molar-refractivity contribution < 1.29 is 9.53 Å². The minimum absolute atomic E-state index is 0.223. The van der Waals surface area contributed by atoms with E-state index in [-0.39, 0.29) is 17.9 Å². The number of ether oxygens (including phenoxy) is 1. The van der Waals surface area contributed by atoms with Crippen molar-refractivity contribution in [3.63, 3.8) is 0 Å². The molecule has 0 aliphatic heterocycles. The van der Waals surface area contributed by atoms with Crippen molar-refractivity contribution in [2.75, 3.05) is 0 Å². The van der Waals surface area contributed by atoms with Crippen LogP contribution in [0.25, 0.3) is 27.7 Å². The first-order chi connectivity index (χ1) is 14.8. The van der Waals surface area contributed by atoms with Gasteiger partial charge in [-0.05, 0) is 37.3 Å². The first-order valence-electron chi connectivity index (χ1n) is 11.3. The predicted octanol–water partition coefficient (Wildman–Crippen LogP) is 5.96. The summed E-state index contributed by atoms with van der Waals surface area (Å²) in [7, 11) is 0. The molecule has 0 aliphatic carbocycles. The van der Waals surface area contributed by atoms with Gasteiger partial charge in [0.2, 0.25) is 0 Å². The zero-order valence-electron chi connectivity index (χ0n) is 19.3. The zero-order valence-corrected chi connectivity index (χ0v) is 19.3. The Labute approximate surface area is 183 Å². The molecule has 1 unspecified atom stereocenters. The number of esters is 1. The van der Waals surface area contributed by atoms with E-state index in [1.807, 2.05) is 38.2 Å². The van der Waals surface area contributed by atoms with Gasteiger partial charge in [-0.25, -0.2) is 9.97 Å². The summed E-state index contributed by atoms with van der Waals surface area (Å²) in [5, 5.41) is 0.807. The normalized spacial score (nSPS) is 13.2. The van der Waals surface area contributed by atoms with Crippen molar-refractivity contribution in [2.24, 2.45) is 11.8 Å². The lowest BCUT2D eigenvalue weighted by molar-refractivity contribution is -0.135. The summed E-state index contributed by atoms with van der Waals surface area (Å²) in [5.74, 6) is 1.99. The molecule has 0 fully saturated rings. The fraction of sp³-hybridized carbons (Fsp3) is 0.480. The van der Waals surface area contributed by atoms with Gasteiger partial charge >= 0.3 is 5.97 Å². The number of hydrogen-bond acceptors (Lipinski definition) is 4.